The molecule has 0 aliphatic carbocycles. The Kier molecular flexibility index (Phi) is 6.96. The molecule has 3 N–H and O–H groups in total. The molecule has 0 amide bonds. The number of aliphatic hydroxyl groups excluding tert-OH is 1. The van der Waals surface area contributed by atoms with Crippen molar-refractivity contribution in [3.05, 3.63) is 46.2 Å². The van der Waals surface area contributed by atoms with E-state index in [1.165, 1.54) is 4.88 Å². The summed E-state index contributed by atoms with van der Waals surface area (Å²) < 4.78 is 0. The third kappa shape index (κ3) is 5.61. The van der Waals surface area contributed by atoms with Crippen LogP contribution in [0.25, 0.3) is 0 Å². The number of pyridine rings is 1. The topological polar surface area (TPSA) is 82.4 Å². The summed E-state index contributed by atoms with van der Waals surface area (Å²) in [7, 11) is 0. The van der Waals surface area contributed by atoms with Crippen LogP contribution in [0.4, 0.5) is 0 Å². The van der Waals surface area contributed by atoms with E-state index >= 15 is 0 Å². The van der Waals surface area contributed by atoms with Gasteiger partial charge in [-0.15, -0.1) is 11.3 Å². The van der Waals surface area contributed by atoms with Crippen molar-refractivity contribution in [3.8, 4) is 0 Å². The van der Waals surface area contributed by atoms with Gasteiger partial charge in [-0.2, -0.15) is 0 Å². The summed E-state index contributed by atoms with van der Waals surface area (Å²) in [6.45, 7) is 5.80. The van der Waals surface area contributed by atoms with Crippen LogP contribution in [0, 0.1) is 0 Å². The number of aliphatic imine (C=N–C) groups is 1. The summed E-state index contributed by atoms with van der Waals surface area (Å²) in [6, 6.07) is 3.61. The predicted octanol–water partition coefficient (Wildman–Crippen LogP) is 1.89. The molecule has 0 spiro atoms. The highest BCUT2D eigenvalue weighted by atomic mass is 32.1. The normalized spacial score (nSPS) is 12.9. The minimum atomic E-state index is -0.603. The van der Waals surface area contributed by atoms with E-state index in [4.69, 9.17) is 0 Å². The maximum Gasteiger partial charge on any atom is 0.191 e. The number of guanidine groups is 1. The number of aliphatic hydroxyl groups is 1. The van der Waals surface area contributed by atoms with Gasteiger partial charge in [0.25, 0.3) is 0 Å². The summed E-state index contributed by atoms with van der Waals surface area (Å²) in [5.41, 5.74) is 0.829. The second-order valence-electron chi connectivity index (χ2n) is 4.95. The van der Waals surface area contributed by atoms with E-state index in [0.717, 1.165) is 23.5 Å². The van der Waals surface area contributed by atoms with Crippen LogP contribution in [-0.4, -0.2) is 34.1 Å². The molecule has 0 saturated carbocycles. The molecule has 6 nitrogen and oxygen atoms in total. The van der Waals surface area contributed by atoms with Crippen molar-refractivity contribution in [2.45, 2.75) is 32.9 Å². The maximum atomic E-state index is 10.2. The van der Waals surface area contributed by atoms with Gasteiger partial charge in [-0.25, -0.2) is 9.98 Å². The molecule has 0 aliphatic heterocycles. The summed E-state index contributed by atoms with van der Waals surface area (Å²) in [6.07, 6.45) is 5.64. The van der Waals surface area contributed by atoms with Crippen LogP contribution in [0.15, 0.2) is 35.7 Å². The van der Waals surface area contributed by atoms with Crippen molar-refractivity contribution in [2.75, 3.05) is 13.1 Å². The molecule has 2 aromatic rings. The zero-order valence-electron chi connectivity index (χ0n) is 13.5. The Hall–Kier alpha value is -1.99. The number of thiazole rings is 1. The van der Waals surface area contributed by atoms with E-state index in [9.17, 15) is 5.11 Å². The summed E-state index contributed by atoms with van der Waals surface area (Å²) >= 11 is 1.68. The lowest BCUT2D eigenvalue weighted by atomic mass is 10.1. The molecule has 2 aromatic heterocycles. The van der Waals surface area contributed by atoms with Gasteiger partial charge >= 0.3 is 0 Å². The fourth-order valence-electron chi connectivity index (χ4n) is 1.97. The Morgan fingerprint density at radius 3 is 2.74 bits per heavy atom. The highest BCUT2D eigenvalue weighted by Crippen LogP contribution is 2.14. The largest absolute Gasteiger partial charge is 0.387 e. The van der Waals surface area contributed by atoms with Crippen LogP contribution in [0.1, 0.15) is 35.4 Å². The first-order valence-electron chi connectivity index (χ1n) is 7.76. The van der Waals surface area contributed by atoms with Gasteiger partial charge in [0.05, 0.1) is 12.6 Å². The first-order valence-corrected chi connectivity index (χ1v) is 8.58. The van der Waals surface area contributed by atoms with Gasteiger partial charge in [0.2, 0.25) is 0 Å². The fraction of sp³-hybridized carbons (Fsp3) is 0.438. The van der Waals surface area contributed by atoms with E-state index < -0.39 is 6.10 Å². The Morgan fingerprint density at radius 1 is 1.30 bits per heavy atom. The van der Waals surface area contributed by atoms with E-state index in [-0.39, 0.29) is 0 Å². The first-order chi connectivity index (χ1) is 11.2. The summed E-state index contributed by atoms with van der Waals surface area (Å²) in [5, 5.41) is 17.5. The molecule has 0 fully saturated rings. The SMILES string of the molecule is CCNC(=NCc1ncc(CC)s1)NCC(O)c1ccncc1. The third-order valence-electron chi connectivity index (χ3n) is 3.22. The van der Waals surface area contributed by atoms with E-state index in [1.807, 2.05) is 13.1 Å². The molecule has 2 rings (SSSR count). The van der Waals surface area contributed by atoms with E-state index in [0.29, 0.717) is 19.0 Å². The van der Waals surface area contributed by atoms with Gasteiger partial charge < -0.3 is 15.7 Å². The molecule has 0 aromatic carbocycles. The van der Waals surface area contributed by atoms with Gasteiger partial charge in [0.1, 0.15) is 5.01 Å². The standard InChI is InChI=1S/C16H23N5OS/c1-3-13-9-19-15(23-13)11-21-16(18-4-2)20-10-14(22)12-5-7-17-8-6-12/h5-9,14,22H,3-4,10-11H2,1-2H3,(H2,18,20,21). The molecule has 0 radical (unpaired) electrons. The lowest BCUT2D eigenvalue weighted by Gasteiger charge is -2.15. The summed E-state index contributed by atoms with van der Waals surface area (Å²) in [5.74, 6) is 0.675. The fourth-order valence-corrected chi connectivity index (χ4v) is 2.76. The van der Waals surface area contributed by atoms with E-state index in [1.54, 1.807) is 35.9 Å². The van der Waals surface area contributed by atoms with Crippen molar-refractivity contribution >= 4 is 17.3 Å². The number of nitrogens with zero attached hydrogens (tertiary/aromatic N) is 3. The van der Waals surface area contributed by atoms with Gasteiger partial charge in [-0.3, -0.25) is 4.98 Å². The lowest BCUT2D eigenvalue weighted by Crippen LogP contribution is -2.39. The van der Waals surface area contributed by atoms with Gasteiger partial charge in [-0.05, 0) is 31.0 Å². The van der Waals surface area contributed by atoms with Crippen molar-refractivity contribution in [2.24, 2.45) is 4.99 Å². The number of aryl methyl sites for hydroxylation is 1. The molecule has 7 heteroatoms. The minimum absolute atomic E-state index is 0.383. The number of nitrogens with one attached hydrogen (secondary N) is 2. The second-order valence-corrected chi connectivity index (χ2v) is 6.15. The second kappa shape index (κ2) is 9.22. The quantitative estimate of drug-likeness (QED) is 0.532. The molecule has 0 bridgehead atoms. The number of rotatable bonds is 7. The number of hydrogen-bond acceptors (Lipinski definition) is 5. The van der Waals surface area contributed by atoms with Crippen LogP contribution in [0.5, 0.6) is 0 Å². The highest BCUT2D eigenvalue weighted by molar-refractivity contribution is 7.11. The van der Waals surface area contributed by atoms with Gasteiger partial charge in [0, 0.05) is 36.6 Å². The predicted molar refractivity (Wildman–Crippen MR) is 93.5 cm³/mol. The molecule has 0 saturated heterocycles. The molecule has 1 atom stereocenters. The third-order valence-corrected chi connectivity index (χ3v) is 4.35. The monoisotopic (exact) mass is 333 g/mol. The molecule has 124 valence electrons. The first kappa shape index (κ1) is 17.4. The van der Waals surface area contributed by atoms with Crippen LogP contribution >= 0.6 is 11.3 Å². The molecule has 1 unspecified atom stereocenters. The zero-order chi connectivity index (χ0) is 16.5. The maximum absolute atomic E-state index is 10.2. The average molecular weight is 333 g/mol. The molecule has 0 aliphatic rings. The Morgan fingerprint density at radius 2 is 2.09 bits per heavy atom. The van der Waals surface area contributed by atoms with Crippen molar-refractivity contribution in [1.82, 2.24) is 20.6 Å². The minimum Gasteiger partial charge on any atom is -0.387 e. The molecular weight excluding hydrogens is 310 g/mol. The van der Waals surface area contributed by atoms with Crippen LogP contribution in [0.2, 0.25) is 0 Å². The average Bonchev–Trinajstić information content (AvgIpc) is 3.06. The van der Waals surface area contributed by atoms with Gasteiger partial charge in [0.15, 0.2) is 5.96 Å². The van der Waals surface area contributed by atoms with Crippen LogP contribution in [0.3, 0.4) is 0 Å². The Bertz CT molecular complexity index is 614. The lowest BCUT2D eigenvalue weighted by molar-refractivity contribution is 0.180. The Labute approximate surface area is 140 Å². The van der Waals surface area contributed by atoms with Crippen LogP contribution in [-0.2, 0) is 13.0 Å². The number of hydrogen-bond donors (Lipinski definition) is 3. The smallest absolute Gasteiger partial charge is 0.191 e. The van der Waals surface area contributed by atoms with E-state index in [2.05, 4.69) is 32.5 Å². The van der Waals surface area contributed by atoms with Crippen molar-refractivity contribution in [3.63, 3.8) is 0 Å². The van der Waals surface area contributed by atoms with Crippen molar-refractivity contribution < 1.29 is 5.11 Å². The number of aromatic nitrogens is 2. The zero-order valence-corrected chi connectivity index (χ0v) is 14.3. The molecule has 2 heterocycles. The highest BCUT2D eigenvalue weighted by Gasteiger charge is 2.08. The van der Waals surface area contributed by atoms with Gasteiger partial charge in [-0.1, -0.05) is 6.92 Å². The van der Waals surface area contributed by atoms with Crippen molar-refractivity contribution in [1.29, 1.82) is 0 Å². The Balaban J connectivity index is 1.91. The van der Waals surface area contributed by atoms with Crippen LogP contribution < -0.4 is 10.6 Å². The molecular formula is C16H23N5OS. The summed E-state index contributed by atoms with van der Waals surface area (Å²) in [4.78, 5) is 14.1. The molecule has 23 heavy (non-hydrogen) atoms.